The highest BCUT2D eigenvalue weighted by molar-refractivity contribution is 5.76. The van der Waals surface area contributed by atoms with Gasteiger partial charge in [-0.2, -0.15) is 0 Å². The van der Waals surface area contributed by atoms with Gasteiger partial charge in [0.05, 0.1) is 7.11 Å². The average molecular weight is 318 g/mol. The van der Waals surface area contributed by atoms with E-state index in [1.165, 1.54) is 32.0 Å². The highest BCUT2D eigenvalue weighted by atomic mass is 16.5. The number of piperidine rings is 1. The van der Waals surface area contributed by atoms with Gasteiger partial charge in [-0.15, -0.1) is 0 Å². The van der Waals surface area contributed by atoms with Gasteiger partial charge in [0, 0.05) is 31.6 Å². The number of hydrogen-bond acceptors (Lipinski definition) is 5. The fourth-order valence-electron chi connectivity index (χ4n) is 3.60. The number of hydrogen-bond donors (Lipinski definition) is 1. The Morgan fingerprint density at radius 2 is 2.00 bits per heavy atom. The molecule has 2 aliphatic rings. The van der Waals surface area contributed by atoms with Crippen molar-refractivity contribution in [2.75, 3.05) is 25.5 Å². The summed E-state index contributed by atoms with van der Waals surface area (Å²) in [6, 6.07) is 2.16. The molecule has 1 saturated carbocycles. The van der Waals surface area contributed by atoms with Crippen LogP contribution in [0.3, 0.4) is 0 Å². The van der Waals surface area contributed by atoms with Crippen molar-refractivity contribution in [3.63, 3.8) is 0 Å². The zero-order chi connectivity index (χ0) is 16.1. The number of aromatic nitrogens is 2. The second-order valence-electron chi connectivity index (χ2n) is 6.60. The first-order valence-corrected chi connectivity index (χ1v) is 8.65. The van der Waals surface area contributed by atoms with E-state index in [0.717, 1.165) is 38.2 Å². The Morgan fingerprint density at radius 3 is 2.70 bits per heavy atom. The van der Waals surface area contributed by atoms with Gasteiger partial charge in [0.15, 0.2) is 0 Å². The monoisotopic (exact) mass is 318 g/mol. The Bertz CT molecular complexity index is 523. The maximum Gasteiger partial charge on any atom is 0.222 e. The lowest BCUT2D eigenvalue weighted by Crippen LogP contribution is -2.42. The normalized spacial score (nSPS) is 19.8. The molecule has 2 fully saturated rings. The lowest BCUT2D eigenvalue weighted by Gasteiger charge is -2.33. The standard InChI is InChI=1S/C17H26N4O2/c1-23-16-11-15(18-12-19-16)20-14-6-8-21(9-7-14)17(22)10-13-4-2-3-5-13/h11-14H,2-10H2,1H3,(H,18,19,20). The fraction of sp³-hybridized carbons (Fsp3) is 0.706. The Labute approximate surface area is 137 Å². The number of carbonyl (C=O) groups excluding carboxylic acids is 1. The van der Waals surface area contributed by atoms with E-state index >= 15 is 0 Å². The number of methoxy groups -OCH3 is 1. The van der Waals surface area contributed by atoms with Gasteiger partial charge in [0.2, 0.25) is 11.8 Å². The predicted octanol–water partition coefficient (Wildman–Crippen LogP) is 2.47. The molecule has 3 rings (SSSR count). The second kappa shape index (κ2) is 7.62. The number of amides is 1. The van der Waals surface area contributed by atoms with Gasteiger partial charge < -0.3 is 15.0 Å². The van der Waals surface area contributed by atoms with Crippen molar-refractivity contribution in [2.24, 2.45) is 5.92 Å². The van der Waals surface area contributed by atoms with E-state index in [-0.39, 0.29) is 0 Å². The average Bonchev–Trinajstić information content (AvgIpc) is 3.08. The molecule has 1 aliphatic heterocycles. The van der Waals surface area contributed by atoms with Crippen LogP contribution in [0.5, 0.6) is 5.88 Å². The molecule has 0 radical (unpaired) electrons. The highest BCUT2D eigenvalue weighted by Crippen LogP contribution is 2.28. The number of rotatable bonds is 5. The highest BCUT2D eigenvalue weighted by Gasteiger charge is 2.26. The van der Waals surface area contributed by atoms with Crippen molar-refractivity contribution in [2.45, 2.75) is 51.0 Å². The van der Waals surface area contributed by atoms with Crippen LogP contribution < -0.4 is 10.1 Å². The van der Waals surface area contributed by atoms with Gasteiger partial charge in [0.1, 0.15) is 12.1 Å². The van der Waals surface area contributed by atoms with Gasteiger partial charge in [-0.1, -0.05) is 12.8 Å². The van der Waals surface area contributed by atoms with Gasteiger partial charge in [-0.05, 0) is 31.6 Å². The summed E-state index contributed by atoms with van der Waals surface area (Å²) < 4.78 is 5.11. The summed E-state index contributed by atoms with van der Waals surface area (Å²) in [6.45, 7) is 1.68. The molecule has 1 N–H and O–H groups in total. The molecule has 6 nitrogen and oxygen atoms in total. The number of nitrogens with zero attached hydrogens (tertiary/aromatic N) is 3. The molecule has 0 aromatic carbocycles. The summed E-state index contributed by atoms with van der Waals surface area (Å²) in [4.78, 5) is 22.6. The van der Waals surface area contributed by atoms with Crippen molar-refractivity contribution in [3.8, 4) is 5.88 Å². The van der Waals surface area contributed by atoms with Gasteiger partial charge in [-0.25, -0.2) is 9.97 Å². The lowest BCUT2D eigenvalue weighted by molar-refractivity contribution is -0.133. The lowest BCUT2D eigenvalue weighted by atomic mass is 10.0. The molecule has 1 aromatic rings. The zero-order valence-electron chi connectivity index (χ0n) is 13.8. The molecule has 126 valence electrons. The number of nitrogens with one attached hydrogen (secondary N) is 1. The Balaban J connectivity index is 1.45. The molecule has 0 spiro atoms. The van der Waals surface area contributed by atoms with E-state index in [2.05, 4.69) is 15.3 Å². The van der Waals surface area contributed by atoms with Crippen LogP contribution in [-0.2, 0) is 4.79 Å². The zero-order valence-corrected chi connectivity index (χ0v) is 13.8. The molecular formula is C17H26N4O2. The third-order valence-electron chi connectivity index (χ3n) is 4.99. The van der Waals surface area contributed by atoms with Crippen molar-refractivity contribution in [1.82, 2.24) is 14.9 Å². The summed E-state index contributed by atoms with van der Waals surface area (Å²) in [6.07, 6.45) is 9.24. The molecule has 1 aromatic heterocycles. The molecule has 1 aliphatic carbocycles. The minimum Gasteiger partial charge on any atom is -0.481 e. The first-order valence-electron chi connectivity index (χ1n) is 8.65. The maximum atomic E-state index is 12.4. The molecule has 23 heavy (non-hydrogen) atoms. The summed E-state index contributed by atoms with van der Waals surface area (Å²) in [5.41, 5.74) is 0. The van der Waals surface area contributed by atoms with E-state index in [4.69, 9.17) is 4.74 Å². The summed E-state index contributed by atoms with van der Waals surface area (Å²) in [5, 5.41) is 3.42. The largest absolute Gasteiger partial charge is 0.481 e. The summed E-state index contributed by atoms with van der Waals surface area (Å²) in [7, 11) is 1.60. The molecule has 0 atom stereocenters. The van der Waals surface area contributed by atoms with Crippen LogP contribution in [0.4, 0.5) is 5.82 Å². The van der Waals surface area contributed by atoms with E-state index in [1.807, 2.05) is 4.90 Å². The summed E-state index contributed by atoms with van der Waals surface area (Å²) in [5.74, 6) is 2.32. The number of likely N-dealkylation sites (tertiary alicyclic amines) is 1. The predicted molar refractivity (Wildman–Crippen MR) is 88.4 cm³/mol. The molecular weight excluding hydrogens is 292 g/mol. The van der Waals surface area contributed by atoms with Crippen LogP contribution in [0.1, 0.15) is 44.9 Å². The minimum absolute atomic E-state index is 0.346. The molecule has 1 saturated heterocycles. The van der Waals surface area contributed by atoms with Gasteiger partial charge in [-0.3, -0.25) is 4.79 Å². The SMILES string of the molecule is COc1cc(NC2CCN(C(=O)CC3CCCC3)CC2)ncn1. The van der Waals surface area contributed by atoms with Crippen LogP contribution in [0.15, 0.2) is 12.4 Å². The molecule has 6 heteroatoms. The van der Waals surface area contributed by atoms with Crippen molar-refractivity contribution in [3.05, 3.63) is 12.4 Å². The third-order valence-corrected chi connectivity index (χ3v) is 4.99. The Kier molecular flexibility index (Phi) is 5.31. The van der Waals surface area contributed by atoms with Crippen LogP contribution in [-0.4, -0.2) is 47.0 Å². The first kappa shape index (κ1) is 16.0. The molecule has 1 amide bonds. The number of carbonyl (C=O) groups is 1. The summed E-state index contributed by atoms with van der Waals surface area (Å²) >= 11 is 0. The first-order chi connectivity index (χ1) is 11.2. The van der Waals surface area contributed by atoms with Crippen LogP contribution in [0.25, 0.3) is 0 Å². The van der Waals surface area contributed by atoms with Crippen LogP contribution in [0.2, 0.25) is 0 Å². The van der Waals surface area contributed by atoms with Gasteiger partial charge >= 0.3 is 0 Å². The van der Waals surface area contributed by atoms with E-state index < -0.39 is 0 Å². The minimum atomic E-state index is 0.346. The van der Waals surface area contributed by atoms with E-state index in [9.17, 15) is 4.79 Å². The Morgan fingerprint density at radius 1 is 1.26 bits per heavy atom. The number of ether oxygens (including phenoxy) is 1. The molecule has 0 unspecified atom stereocenters. The topological polar surface area (TPSA) is 67.3 Å². The Hall–Kier alpha value is -1.85. The number of anilines is 1. The third kappa shape index (κ3) is 4.33. The van der Waals surface area contributed by atoms with Crippen molar-refractivity contribution < 1.29 is 9.53 Å². The maximum absolute atomic E-state index is 12.4. The van der Waals surface area contributed by atoms with Crippen molar-refractivity contribution in [1.29, 1.82) is 0 Å². The van der Waals surface area contributed by atoms with Crippen molar-refractivity contribution >= 4 is 11.7 Å². The van der Waals surface area contributed by atoms with E-state index in [1.54, 1.807) is 13.2 Å². The van der Waals surface area contributed by atoms with Crippen LogP contribution in [0, 0.1) is 5.92 Å². The molecule has 2 heterocycles. The van der Waals surface area contributed by atoms with Gasteiger partial charge in [0.25, 0.3) is 0 Å². The quantitative estimate of drug-likeness (QED) is 0.903. The smallest absolute Gasteiger partial charge is 0.222 e. The van der Waals surface area contributed by atoms with Crippen LogP contribution >= 0.6 is 0 Å². The van der Waals surface area contributed by atoms with E-state index in [0.29, 0.717) is 23.7 Å². The fourth-order valence-corrected chi connectivity index (χ4v) is 3.60. The molecule has 0 bridgehead atoms. The second-order valence-corrected chi connectivity index (χ2v) is 6.60.